The Morgan fingerprint density at radius 3 is 2.69 bits per heavy atom. The SMILES string of the molecule is COc1cc([N+](=O)[O-])ccc1NC(=O)/C=C/c1ccc(-c2ccc(C)c(Cl)c2)o1. The summed E-state index contributed by atoms with van der Waals surface area (Å²) in [6, 6.07) is 13.1. The van der Waals surface area contributed by atoms with Gasteiger partial charge in [0.1, 0.15) is 17.3 Å². The zero-order chi connectivity index (χ0) is 21.0. The minimum absolute atomic E-state index is 0.130. The van der Waals surface area contributed by atoms with E-state index in [2.05, 4.69) is 5.32 Å². The van der Waals surface area contributed by atoms with Gasteiger partial charge in [-0.15, -0.1) is 0 Å². The van der Waals surface area contributed by atoms with E-state index in [1.54, 1.807) is 12.1 Å². The first-order chi connectivity index (χ1) is 13.9. The van der Waals surface area contributed by atoms with E-state index in [9.17, 15) is 14.9 Å². The van der Waals surface area contributed by atoms with Crippen molar-refractivity contribution in [2.45, 2.75) is 6.92 Å². The number of methoxy groups -OCH3 is 1. The van der Waals surface area contributed by atoms with E-state index in [-0.39, 0.29) is 11.4 Å². The number of nitrogens with one attached hydrogen (secondary N) is 1. The largest absolute Gasteiger partial charge is 0.494 e. The molecule has 0 fully saturated rings. The summed E-state index contributed by atoms with van der Waals surface area (Å²) in [7, 11) is 1.37. The van der Waals surface area contributed by atoms with Gasteiger partial charge in [-0.3, -0.25) is 14.9 Å². The predicted octanol–water partition coefficient (Wildman–Crippen LogP) is 5.48. The molecule has 1 heterocycles. The van der Waals surface area contributed by atoms with Crippen LogP contribution in [0, 0.1) is 17.0 Å². The van der Waals surface area contributed by atoms with Crippen molar-refractivity contribution in [1.82, 2.24) is 0 Å². The second-order valence-electron chi connectivity index (χ2n) is 6.13. The van der Waals surface area contributed by atoms with Crippen LogP contribution >= 0.6 is 11.6 Å². The average Bonchev–Trinajstić information content (AvgIpc) is 3.17. The number of rotatable bonds is 6. The van der Waals surface area contributed by atoms with E-state index < -0.39 is 10.8 Å². The summed E-state index contributed by atoms with van der Waals surface area (Å²) in [6.45, 7) is 1.92. The fourth-order valence-corrected chi connectivity index (χ4v) is 2.75. The van der Waals surface area contributed by atoms with Crippen molar-refractivity contribution in [3.8, 4) is 17.1 Å². The average molecular weight is 413 g/mol. The van der Waals surface area contributed by atoms with Gasteiger partial charge in [0, 0.05) is 22.7 Å². The summed E-state index contributed by atoms with van der Waals surface area (Å²) in [4.78, 5) is 22.5. The van der Waals surface area contributed by atoms with E-state index in [1.807, 2.05) is 25.1 Å². The number of nitro benzene ring substituents is 1. The minimum atomic E-state index is -0.538. The molecule has 1 N–H and O–H groups in total. The van der Waals surface area contributed by atoms with Crippen LogP contribution in [0.25, 0.3) is 17.4 Å². The molecule has 8 heteroatoms. The molecule has 2 aromatic carbocycles. The molecule has 1 aromatic heterocycles. The number of halogens is 1. The Labute approximate surface area is 171 Å². The third kappa shape index (κ3) is 4.83. The van der Waals surface area contributed by atoms with E-state index >= 15 is 0 Å². The van der Waals surface area contributed by atoms with Crippen LogP contribution in [0.1, 0.15) is 11.3 Å². The number of furan rings is 1. The highest BCUT2D eigenvalue weighted by atomic mass is 35.5. The molecule has 0 atom stereocenters. The Balaban J connectivity index is 1.71. The molecule has 0 aliphatic heterocycles. The highest BCUT2D eigenvalue weighted by molar-refractivity contribution is 6.31. The first-order valence-corrected chi connectivity index (χ1v) is 8.93. The van der Waals surface area contributed by atoms with Gasteiger partial charge in [-0.2, -0.15) is 0 Å². The first kappa shape index (κ1) is 20.2. The molecular weight excluding hydrogens is 396 g/mol. The third-order valence-electron chi connectivity index (χ3n) is 4.14. The quantitative estimate of drug-likeness (QED) is 0.328. The summed E-state index contributed by atoms with van der Waals surface area (Å²) in [5.41, 5.74) is 2.00. The van der Waals surface area contributed by atoms with Crippen LogP contribution < -0.4 is 10.1 Å². The molecule has 0 bridgehead atoms. The Morgan fingerprint density at radius 1 is 1.21 bits per heavy atom. The molecule has 29 heavy (non-hydrogen) atoms. The normalized spacial score (nSPS) is 10.9. The van der Waals surface area contributed by atoms with Crippen molar-refractivity contribution < 1.29 is 18.9 Å². The Kier molecular flexibility index (Phi) is 5.99. The molecule has 0 unspecified atom stereocenters. The summed E-state index contributed by atoms with van der Waals surface area (Å²) < 4.78 is 10.8. The van der Waals surface area contributed by atoms with Crippen LogP contribution in [0.2, 0.25) is 5.02 Å². The van der Waals surface area contributed by atoms with Gasteiger partial charge in [0.25, 0.3) is 5.69 Å². The molecular formula is C21H17ClN2O5. The molecule has 3 aromatic rings. The minimum Gasteiger partial charge on any atom is -0.494 e. The van der Waals surface area contributed by atoms with E-state index in [4.69, 9.17) is 20.8 Å². The molecule has 148 valence electrons. The predicted molar refractivity (Wildman–Crippen MR) is 111 cm³/mol. The number of ether oxygens (including phenoxy) is 1. The molecule has 0 spiro atoms. The molecule has 0 saturated heterocycles. The second-order valence-corrected chi connectivity index (χ2v) is 6.54. The van der Waals surface area contributed by atoms with Crippen LogP contribution in [-0.4, -0.2) is 17.9 Å². The van der Waals surface area contributed by atoms with Crippen LogP contribution in [0.4, 0.5) is 11.4 Å². The van der Waals surface area contributed by atoms with Crippen molar-refractivity contribution in [2.24, 2.45) is 0 Å². The Morgan fingerprint density at radius 2 is 2.00 bits per heavy atom. The molecule has 0 saturated carbocycles. The molecule has 0 aliphatic carbocycles. The molecule has 0 aliphatic rings. The van der Waals surface area contributed by atoms with Gasteiger partial charge in [-0.05, 0) is 42.8 Å². The van der Waals surface area contributed by atoms with Crippen molar-refractivity contribution in [3.05, 3.63) is 81.1 Å². The monoisotopic (exact) mass is 412 g/mol. The number of amides is 1. The maximum atomic E-state index is 12.2. The van der Waals surface area contributed by atoms with Gasteiger partial charge in [0.15, 0.2) is 0 Å². The van der Waals surface area contributed by atoms with Gasteiger partial charge in [0.05, 0.1) is 23.8 Å². The first-order valence-electron chi connectivity index (χ1n) is 8.55. The number of carbonyl (C=O) groups excluding carboxylic acids is 1. The smallest absolute Gasteiger partial charge is 0.273 e. The lowest BCUT2D eigenvalue weighted by molar-refractivity contribution is -0.384. The van der Waals surface area contributed by atoms with Gasteiger partial charge < -0.3 is 14.5 Å². The second kappa shape index (κ2) is 8.62. The van der Waals surface area contributed by atoms with Crippen LogP contribution in [0.5, 0.6) is 5.75 Å². The van der Waals surface area contributed by atoms with Gasteiger partial charge in [-0.25, -0.2) is 0 Å². The number of benzene rings is 2. The zero-order valence-corrected chi connectivity index (χ0v) is 16.4. The summed E-state index contributed by atoms with van der Waals surface area (Å²) in [6.07, 6.45) is 2.82. The number of nitro groups is 1. The van der Waals surface area contributed by atoms with Crippen molar-refractivity contribution in [1.29, 1.82) is 0 Å². The van der Waals surface area contributed by atoms with E-state index in [1.165, 1.54) is 37.5 Å². The lowest BCUT2D eigenvalue weighted by atomic mass is 10.1. The topological polar surface area (TPSA) is 94.6 Å². The maximum Gasteiger partial charge on any atom is 0.273 e. The lowest BCUT2D eigenvalue weighted by Crippen LogP contribution is -2.09. The number of nitrogens with zero attached hydrogens (tertiary/aromatic N) is 1. The van der Waals surface area contributed by atoms with Crippen LogP contribution in [0.3, 0.4) is 0 Å². The third-order valence-corrected chi connectivity index (χ3v) is 4.54. The molecule has 3 rings (SSSR count). The lowest BCUT2D eigenvalue weighted by Gasteiger charge is -2.08. The van der Waals surface area contributed by atoms with Crippen LogP contribution in [-0.2, 0) is 4.79 Å². The van der Waals surface area contributed by atoms with Crippen molar-refractivity contribution in [2.75, 3.05) is 12.4 Å². The standard InChI is InChI=1S/C21H17ClN2O5/c1-13-3-4-14(11-17(13)22)19-9-6-16(29-19)7-10-21(25)23-18-8-5-15(24(26)27)12-20(18)28-2/h3-12H,1-2H3,(H,23,25)/b10-7+. The van der Waals surface area contributed by atoms with Gasteiger partial charge >= 0.3 is 0 Å². The zero-order valence-electron chi connectivity index (χ0n) is 15.6. The number of carbonyl (C=O) groups is 1. The van der Waals surface area contributed by atoms with Gasteiger partial charge in [0.2, 0.25) is 5.91 Å². The molecule has 1 amide bonds. The number of anilines is 1. The van der Waals surface area contributed by atoms with Crippen molar-refractivity contribution in [3.63, 3.8) is 0 Å². The fraction of sp³-hybridized carbons (Fsp3) is 0.0952. The Bertz CT molecular complexity index is 1100. The molecule has 7 nitrogen and oxygen atoms in total. The van der Waals surface area contributed by atoms with Crippen LogP contribution in [0.15, 0.2) is 59.0 Å². The van der Waals surface area contributed by atoms with E-state index in [0.29, 0.717) is 22.2 Å². The van der Waals surface area contributed by atoms with E-state index in [0.717, 1.165) is 11.1 Å². The van der Waals surface area contributed by atoms with Gasteiger partial charge in [-0.1, -0.05) is 23.7 Å². The number of non-ortho nitro benzene ring substituents is 1. The number of hydrogen-bond donors (Lipinski definition) is 1. The highest BCUT2D eigenvalue weighted by Crippen LogP contribution is 2.29. The van der Waals surface area contributed by atoms with Crippen molar-refractivity contribution >= 4 is 35.0 Å². The summed E-state index contributed by atoms with van der Waals surface area (Å²) in [5, 5.41) is 14.1. The Hall–Kier alpha value is -3.58. The number of hydrogen-bond acceptors (Lipinski definition) is 5. The summed E-state index contributed by atoms with van der Waals surface area (Å²) >= 11 is 6.15. The number of aryl methyl sites for hydroxylation is 1. The highest BCUT2D eigenvalue weighted by Gasteiger charge is 2.12. The fourth-order valence-electron chi connectivity index (χ4n) is 2.57. The molecule has 0 radical (unpaired) electrons. The summed E-state index contributed by atoms with van der Waals surface area (Å²) in [5.74, 6) is 0.873. The maximum absolute atomic E-state index is 12.2.